The Bertz CT molecular complexity index is 4230. The zero-order valence-electron chi connectivity index (χ0n) is 48.9. The van der Waals surface area contributed by atoms with E-state index < -0.39 is 114 Å². The molecular formula is C57H38N4. The largest absolute Gasteiger partial charge is 0.309 e. The quantitative estimate of drug-likeness (QED) is 0.154. The Morgan fingerprint density at radius 3 is 1.48 bits per heavy atom. The van der Waals surface area contributed by atoms with Gasteiger partial charge in [-0.25, -0.2) is 15.0 Å². The molecule has 0 atom stereocenters. The highest BCUT2D eigenvalue weighted by Gasteiger charge is 2.21. The molecule has 0 bridgehead atoms. The first-order chi connectivity index (χ1) is 37.3. The minimum absolute atomic E-state index is 0.00618. The number of hydrogen-bond donors (Lipinski definition) is 0. The molecule has 286 valence electrons. The third-order valence-corrected chi connectivity index (χ3v) is 10.3. The van der Waals surface area contributed by atoms with Gasteiger partial charge in [0.1, 0.15) is 0 Å². The topological polar surface area (TPSA) is 43.6 Å². The summed E-state index contributed by atoms with van der Waals surface area (Å²) in [5.74, 6) is -0.480. The summed E-state index contributed by atoms with van der Waals surface area (Å²) in [4.78, 5) is 14.6. The summed E-state index contributed by atoms with van der Waals surface area (Å²) in [6.45, 7) is 0. The van der Waals surface area contributed by atoms with E-state index in [0.29, 0.717) is 16.7 Å². The molecule has 0 amide bonds. The molecule has 0 radical (unpaired) electrons. The molecule has 0 saturated heterocycles. The van der Waals surface area contributed by atoms with Gasteiger partial charge in [0.05, 0.1) is 40.0 Å². The molecule has 0 unspecified atom stereocenters. The lowest BCUT2D eigenvalue weighted by Crippen LogP contribution is -2.04. The molecule has 0 spiro atoms. The van der Waals surface area contributed by atoms with E-state index in [-0.39, 0.29) is 56.1 Å². The van der Waals surface area contributed by atoms with Crippen molar-refractivity contribution in [2.24, 2.45) is 0 Å². The first-order valence-corrected chi connectivity index (χ1v) is 19.2. The van der Waals surface area contributed by atoms with Gasteiger partial charge < -0.3 is 4.57 Å². The van der Waals surface area contributed by atoms with Gasteiger partial charge in [-0.3, -0.25) is 0 Å². The number of hydrogen-bond acceptors (Lipinski definition) is 3. The molecule has 0 N–H and O–H groups in total. The van der Waals surface area contributed by atoms with Gasteiger partial charge >= 0.3 is 0 Å². The Labute approximate surface area is 378 Å². The summed E-state index contributed by atoms with van der Waals surface area (Å²) in [7, 11) is 0. The normalized spacial score (nSPS) is 15.2. The second-order valence-corrected chi connectivity index (χ2v) is 14.0. The molecule has 2 heterocycles. The van der Waals surface area contributed by atoms with E-state index in [0.717, 1.165) is 22.3 Å². The van der Waals surface area contributed by atoms with Gasteiger partial charge in [0.15, 0.2) is 17.5 Å². The highest BCUT2D eigenvalue weighted by Crippen LogP contribution is 2.41. The summed E-state index contributed by atoms with van der Waals surface area (Å²) in [6, 6.07) is 27.6. The molecule has 0 aliphatic carbocycles. The second-order valence-electron chi connectivity index (χ2n) is 14.0. The van der Waals surface area contributed by atoms with E-state index in [4.69, 9.17) is 31.4 Å². The molecule has 0 aliphatic rings. The van der Waals surface area contributed by atoms with Crippen molar-refractivity contribution >= 4 is 21.8 Å². The third-order valence-electron chi connectivity index (χ3n) is 10.3. The highest BCUT2D eigenvalue weighted by atomic mass is 15.1. The summed E-state index contributed by atoms with van der Waals surface area (Å²) in [5, 5.41) is -0.569. The molecular weight excluding hydrogens is 741 g/mol. The summed E-state index contributed by atoms with van der Waals surface area (Å²) in [5.41, 5.74) is 3.34. The molecule has 11 aromatic rings. The van der Waals surface area contributed by atoms with Crippen molar-refractivity contribution in [2.45, 2.75) is 0 Å². The van der Waals surface area contributed by atoms with Crippen LogP contribution in [0.4, 0.5) is 0 Å². The van der Waals surface area contributed by atoms with E-state index in [2.05, 4.69) is 6.07 Å². The zero-order chi connectivity index (χ0) is 55.3. The van der Waals surface area contributed by atoms with Crippen LogP contribution in [0.5, 0.6) is 0 Å². The highest BCUT2D eigenvalue weighted by molar-refractivity contribution is 6.11. The van der Waals surface area contributed by atoms with Crippen molar-refractivity contribution in [3.63, 3.8) is 0 Å². The fraction of sp³-hybridized carbons (Fsp3) is 0. The Balaban J connectivity index is 1.32. The number of aromatic nitrogens is 4. The van der Waals surface area contributed by atoms with Crippen LogP contribution in [0.15, 0.2) is 230 Å². The second kappa shape index (κ2) is 15.5. The van der Waals surface area contributed by atoms with Crippen molar-refractivity contribution < 1.29 is 23.3 Å². The van der Waals surface area contributed by atoms with Gasteiger partial charge in [-0.15, -0.1) is 0 Å². The van der Waals surface area contributed by atoms with Gasteiger partial charge in [0.25, 0.3) is 0 Å². The number of para-hydroxylation sites is 1. The van der Waals surface area contributed by atoms with Crippen LogP contribution in [0, 0.1) is 0 Å². The lowest BCUT2D eigenvalue weighted by molar-refractivity contribution is 1.06. The minimum atomic E-state index is -0.758. The Hall–Kier alpha value is -8.21. The maximum Gasteiger partial charge on any atom is 0.166 e. The Morgan fingerprint density at radius 2 is 0.836 bits per heavy atom. The fourth-order valence-electron chi connectivity index (χ4n) is 7.42. The van der Waals surface area contributed by atoms with E-state index in [1.807, 2.05) is 72.8 Å². The first kappa shape index (κ1) is 22.2. The van der Waals surface area contributed by atoms with Crippen LogP contribution in [0.2, 0.25) is 0 Å². The van der Waals surface area contributed by atoms with Crippen LogP contribution >= 0.6 is 0 Å². The van der Waals surface area contributed by atoms with E-state index in [9.17, 15) is 6.85 Å². The lowest BCUT2D eigenvalue weighted by Gasteiger charge is -2.17. The molecule has 61 heavy (non-hydrogen) atoms. The first-order valence-electron chi connectivity index (χ1n) is 27.7. The van der Waals surface area contributed by atoms with Crippen molar-refractivity contribution in [1.29, 1.82) is 0 Å². The molecule has 2 aromatic heterocycles. The van der Waals surface area contributed by atoms with Crippen molar-refractivity contribution in [3.05, 3.63) is 230 Å². The zero-order valence-corrected chi connectivity index (χ0v) is 31.9. The fourth-order valence-corrected chi connectivity index (χ4v) is 7.42. The predicted octanol–water partition coefficient (Wildman–Crippen LogP) is 14.6. The lowest BCUT2D eigenvalue weighted by atomic mass is 9.92. The van der Waals surface area contributed by atoms with Crippen LogP contribution in [0.25, 0.3) is 106 Å². The molecule has 0 fully saturated rings. The van der Waals surface area contributed by atoms with Crippen molar-refractivity contribution in [2.75, 3.05) is 0 Å². The average Bonchev–Trinajstić information content (AvgIpc) is 3.67. The van der Waals surface area contributed by atoms with Gasteiger partial charge in [0.2, 0.25) is 0 Å². The minimum Gasteiger partial charge on any atom is -0.309 e. The molecule has 4 heteroatoms. The standard InChI is InChI=1S/C57H38N4/c1-6-18-39(19-7-1)44-30-32-53-50(37-44)49-28-16-17-29-52(49)61(53)54-33-31-45(48-35-46(40-20-8-2-9-21-40)34-47(36-48)41-22-10-3-11-23-41)38-51(54)57-59-55(42-24-12-4-13-25-42)58-56(60-57)43-26-14-5-15-27-43/h1-38H/i1D,4D,6D,7D,12D,13D,16D,17D,18D,19D,24D,25D,28D,29D,30D,32D,37D. The van der Waals surface area contributed by atoms with Crippen LogP contribution in [0.1, 0.15) is 23.3 Å². The molecule has 4 nitrogen and oxygen atoms in total. The maximum atomic E-state index is 9.82. The van der Waals surface area contributed by atoms with E-state index >= 15 is 0 Å². The Kier molecular flexibility index (Phi) is 5.66. The van der Waals surface area contributed by atoms with Crippen LogP contribution in [-0.2, 0) is 0 Å². The monoisotopic (exact) mass is 795 g/mol. The number of fused-ring (bicyclic) bond motifs is 3. The van der Waals surface area contributed by atoms with Gasteiger partial charge in [-0.2, -0.15) is 0 Å². The van der Waals surface area contributed by atoms with E-state index in [1.54, 1.807) is 48.5 Å². The number of nitrogens with zero attached hydrogens (tertiary/aromatic N) is 4. The van der Waals surface area contributed by atoms with E-state index in [1.165, 1.54) is 4.57 Å². The summed E-state index contributed by atoms with van der Waals surface area (Å²) >= 11 is 0. The Morgan fingerprint density at radius 1 is 0.328 bits per heavy atom. The van der Waals surface area contributed by atoms with Crippen molar-refractivity contribution in [3.8, 4) is 84.4 Å². The number of benzene rings is 9. The molecule has 0 saturated carbocycles. The maximum absolute atomic E-state index is 9.82. The van der Waals surface area contributed by atoms with Crippen LogP contribution in [-0.4, -0.2) is 19.5 Å². The van der Waals surface area contributed by atoms with Crippen LogP contribution < -0.4 is 0 Å². The van der Waals surface area contributed by atoms with Gasteiger partial charge in [0, 0.05) is 27.5 Å². The van der Waals surface area contributed by atoms with Gasteiger partial charge in [-0.1, -0.05) is 182 Å². The summed E-state index contributed by atoms with van der Waals surface area (Å²) < 4.78 is 154. The number of rotatable bonds is 8. The third kappa shape index (κ3) is 6.86. The van der Waals surface area contributed by atoms with Crippen LogP contribution in [0.3, 0.4) is 0 Å². The predicted molar refractivity (Wildman–Crippen MR) is 252 cm³/mol. The molecule has 11 rings (SSSR count). The average molecular weight is 796 g/mol. The SMILES string of the molecule is [2H]c1c([2H])c([2H])c(-c2nc(-c3ccccc3)nc(-c3cc(-c4cc(-c5ccccc5)cc(-c5ccccc5)c4)ccc3-n3c4c([2H])c([2H])c([2H])c([2H])c4c4c([2H])c(-c5c([2H])c([2H])c([2H])c([2H])c5[2H])c([2H])c([2H])c43)n2)c([2H])c1[2H]. The summed E-state index contributed by atoms with van der Waals surface area (Å²) in [6.07, 6.45) is 0. The molecule has 0 aliphatic heterocycles. The van der Waals surface area contributed by atoms with Gasteiger partial charge in [-0.05, 0) is 93.0 Å². The van der Waals surface area contributed by atoms with Crippen molar-refractivity contribution in [1.82, 2.24) is 19.5 Å². The smallest absolute Gasteiger partial charge is 0.166 e. The molecule has 9 aromatic carbocycles.